The normalized spacial score (nSPS) is 16.1. The Labute approximate surface area is 124 Å². The Morgan fingerprint density at radius 2 is 1.45 bits per heavy atom. The van der Waals surface area contributed by atoms with Gasteiger partial charge in [-0.15, -0.1) is 0 Å². The molecule has 1 aromatic rings. The fourth-order valence-electron chi connectivity index (χ4n) is 2.03. The van der Waals surface area contributed by atoms with Crippen LogP contribution in [0.1, 0.15) is 23.7 Å². The van der Waals surface area contributed by atoms with Crippen LogP contribution in [0, 0.1) is 5.41 Å². The lowest BCUT2D eigenvalue weighted by molar-refractivity contribution is -0.185. The van der Waals surface area contributed by atoms with E-state index in [1.165, 1.54) is 24.3 Å². The molecule has 22 heavy (non-hydrogen) atoms. The molecule has 0 bridgehead atoms. The molecule has 0 radical (unpaired) electrons. The summed E-state index contributed by atoms with van der Waals surface area (Å²) in [5.74, 6) is -7.00. The molecule has 4 N–H and O–H groups in total. The molecule has 0 heterocycles. The summed E-state index contributed by atoms with van der Waals surface area (Å²) in [6, 6.07) is 6.88. The van der Waals surface area contributed by atoms with Crippen molar-refractivity contribution in [1.82, 2.24) is 0 Å². The molecule has 8 nitrogen and oxygen atoms in total. The third-order valence-corrected chi connectivity index (χ3v) is 3.51. The summed E-state index contributed by atoms with van der Waals surface area (Å²) in [5, 5.41) is 37.4. The highest BCUT2D eigenvalue weighted by Gasteiger charge is 2.63. The van der Waals surface area contributed by atoms with E-state index in [1.807, 2.05) is 0 Å². The van der Waals surface area contributed by atoms with Crippen LogP contribution in [0.4, 0.5) is 0 Å². The average molecular weight is 310 g/mol. The first-order valence-corrected chi connectivity index (χ1v) is 6.08. The zero-order chi connectivity index (χ0) is 17.1. The van der Waals surface area contributed by atoms with Crippen LogP contribution in [0.2, 0.25) is 0 Å². The van der Waals surface area contributed by atoms with Crippen molar-refractivity contribution in [2.24, 2.45) is 5.41 Å². The summed E-state index contributed by atoms with van der Waals surface area (Å²) in [6.07, 6.45) is -1.44. The molecule has 0 amide bonds. The van der Waals surface area contributed by atoms with E-state index in [9.17, 15) is 29.4 Å². The second-order valence-corrected chi connectivity index (χ2v) is 4.86. The summed E-state index contributed by atoms with van der Waals surface area (Å²) in [4.78, 5) is 46.1. The summed E-state index contributed by atoms with van der Waals surface area (Å²) in [5.41, 5.74) is -6.34. The number of benzene rings is 1. The molecule has 0 aliphatic heterocycles. The number of hydrogen-bond donors (Lipinski definition) is 4. The zero-order valence-corrected chi connectivity index (χ0v) is 11.5. The van der Waals surface area contributed by atoms with E-state index >= 15 is 0 Å². The molecule has 0 saturated carbocycles. The van der Waals surface area contributed by atoms with Crippen molar-refractivity contribution in [1.29, 1.82) is 0 Å². The van der Waals surface area contributed by atoms with Gasteiger partial charge in [0.05, 0.1) is 6.42 Å². The third kappa shape index (κ3) is 2.68. The number of ketones is 1. The van der Waals surface area contributed by atoms with Crippen molar-refractivity contribution in [2.45, 2.75) is 18.9 Å². The third-order valence-electron chi connectivity index (χ3n) is 3.51. The molecule has 0 aliphatic carbocycles. The number of aliphatic hydroxyl groups is 1. The monoisotopic (exact) mass is 310 g/mol. The van der Waals surface area contributed by atoms with Crippen molar-refractivity contribution >= 4 is 23.7 Å². The van der Waals surface area contributed by atoms with Gasteiger partial charge in [0, 0.05) is 5.56 Å². The smallest absolute Gasteiger partial charge is 0.338 e. The number of aliphatic carboxylic acids is 3. The van der Waals surface area contributed by atoms with Gasteiger partial charge >= 0.3 is 17.9 Å². The number of Topliss-reactive ketones (excluding diaryl/α,β-unsaturated/α-hetero) is 1. The average Bonchev–Trinajstić information content (AvgIpc) is 2.45. The zero-order valence-electron chi connectivity index (χ0n) is 11.5. The molecule has 0 aromatic heterocycles. The topological polar surface area (TPSA) is 149 Å². The quantitative estimate of drug-likeness (QED) is 0.413. The van der Waals surface area contributed by atoms with Crippen LogP contribution in [0.5, 0.6) is 0 Å². The fourth-order valence-corrected chi connectivity index (χ4v) is 2.03. The summed E-state index contributed by atoms with van der Waals surface area (Å²) >= 11 is 0. The Kier molecular flexibility index (Phi) is 4.67. The van der Waals surface area contributed by atoms with Crippen LogP contribution in [-0.4, -0.2) is 49.7 Å². The fraction of sp³-hybridized carbons (Fsp3) is 0.286. The second kappa shape index (κ2) is 5.94. The minimum atomic E-state index is -3.31. The van der Waals surface area contributed by atoms with Gasteiger partial charge in [-0.05, 0) is 6.92 Å². The molecule has 0 fully saturated rings. The van der Waals surface area contributed by atoms with Gasteiger partial charge in [0.2, 0.25) is 0 Å². The number of hydrogen-bond acceptors (Lipinski definition) is 5. The van der Waals surface area contributed by atoms with Crippen molar-refractivity contribution < 1.29 is 39.6 Å². The first-order chi connectivity index (χ1) is 10.1. The van der Waals surface area contributed by atoms with E-state index < -0.39 is 41.1 Å². The Bertz CT molecular complexity index is 623. The van der Waals surface area contributed by atoms with Gasteiger partial charge in [0.15, 0.2) is 16.8 Å². The summed E-state index contributed by atoms with van der Waals surface area (Å²) in [7, 11) is 0. The molecule has 8 heteroatoms. The predicted octanol–water partition coefficient (Wildman–Crippen LogP) is 0.251. The Morgan fingerprint density at radius 3 is 1.82 bits per heavy atom. The van der Waals surface area contributed by atoms with Crippen molar-refractivity contribution in [3.05, 3.63) is 35.9 Å². The van der Waals surface area contributed by atoms with Gasteiger partial charge in [-0.25, -0.2) is 4.79 Å². The minimum Gasteiger partial charge on any atom is -0.481 e. The van der Waals surface area contributed by atoms with Crippen molar-refractivity contribution in [3.8, 4) is 0 Å². The van der Waals surface area contributed by atoms with Crippen LogP contribution < -0.4 is 0 Å². The van der Waals surface area contributed by atoms with Crippen LogP contribution in [0.25, 0.3) is 0 Å². The van der Waals surface area contributed by atoms with E-state index in [1.54, 1.807) is 6.07 Å². The maximum absolute atomic E-state index is 12.4. The van der Waals surface area contributed by atoms with E-state index in [2.05, 4.69) is 0 Å². The lowest BCUT2D eigenvalue weighted by atomic mass is 9.67. The highest BCUT2D eigenvalue weighted by molar-refractivity contribution is 6.16. The molecule has 1 aromatic carbocycles. The van der Waals surface area contributed by atoms with Gasteiger partial charge < -0.3 is 20.4 Å². The SMILES string of the molecule is CC(C(=O)O)(C(=O)c1ccccc1)C(O)(CC(=O)O)C(=O)O. The Balaban J connectivity index is 3.54. The molecule has 2 unspecified atom stereocenters. The van der Waals surface area contributed by atoms with Gasteiger partial charge in [-0.3, -0.25) is 14.4 Å². The molecular formula is C14H14O8. The minimum absolute atomic E-state index is 0.155. The summed E-state index contributed by atoms with van der Waals surface area (Å²) in [6.45, 7) is 0.696. The van der Waals surface area contributed by atoms with Gasteiger partial charge in [0.1, 0.15) is 0 Å². The Morgan fingerprint density at radius 1 is 0.955 bits per heavy atom. The molecular weight excluding hydrogens is 296 g/mol. The lowest BCUT2D eigenvalue weighted by Crippen LogP contribution is -2.61. The second-order valence-electron chi connectivity index (χ2n) is 4.86. The number of rotatable bonds is 7. The largest absolute Gasteiger partial charge is 0.481 e. The standard InChI is InChI=1S/C14H14O8/c1-13(11(18)19,10(17)8-5-3-2-4-6-8)14(22,12(20)21)7-9(15)16/h2-6,22H,7H2,1H3,(H,15,16)(H,18,19)(H,20,21). The van der Waals surface area contributed by atoms with Gasteiger partial charge in [0.25, 0.3) is 0 Å². The molecule has 0 aliphatic rings. The summed E-state index contributed by atoms with van der Waals surface area (Å²) < 4.78 is 0. The van der Waals surface area contributed by atoms with E-state index in [-0.39, 0.29) is 5.56 Å². The van der Waals surface area contributed by atoms with Crippen LogP contribution in [0.3, 0.4) is 0 Å². The molecule has 0 spiro atoms. The van der Waals surface area contributed by atoms with E-state index in [0.717, 1.165) is 0 Å². The molecule has 118 valence electrons. The predicted molar refractivity (Wildman–Crippen MR) is 71.4 cm³/mol. The first kappa shape index (κ1) is 17.3. The van der Waals surface area contributed by atoms with Crippen LogP contribution >= 0.6 is 0 Å². The van der Waals surface area contributed by atoms with Gasteiger partial charge in [-0.2, -0.15) is 0 Å². The number of carbonyl (C=O) groups is 4. The number of carboxylic acid groups (broad SMARTS) is 3. The van der Waals surface area contributed by atoms with Gasteiger partial charge in [-0.1, -0.05) is 30.3 Å². The van der Waals surface area contributed by atoms with Crippen molar-refractivity contribution in [3.63, 3.8) is 0 Å². The first-order valence-electron chi connectivity index (χ1n) is 6.08. The van der Waals surface area contributed by atoms with E-state index in [4.69, 9.17) is 10.2 Å². The van der Waals surface area contributed by atoms with Crippen molar-refractivity contribution in [2.75, 3.05) is 0 Å². The molecule has 2 atom stereocenters. The maximum Gasteiger partial charge on any atom is 0.338 e. The highest BCUT2D eigenvalue weighted by Crippen LogP contribution is 2.38. The van der Waals surface area contributed by atoms with Crippen LogP contribution in [0.15, 0.2) is 30.3 Å². The van der Waals surface area contributed by atoms with Crippen LogP contribution in [-0.2, 0) is 14.4 Å². The molecule has 0 saturated heterocycles. The maximum atomic E-state index is 12.4. The highest BCUT2D eigenvalue weighted by atomic mass is 16.4. The number of carboxylic acids is 3. The van der Waals surface area contributed by atoms with E-state index in [0.29, 0.717) is 6.92 Å². The Hall–Kier alpha value is -2.74. The number of carbonyl (C=O) groups excluding carboxylic acids is 1. The molecule has 1 rings (SSSR count). The lowest BCUT2D eigenvalue weighted by Gasteiger charge is -2.36.